The molecule has 0 aromatic heterocycles. The van der Waals surface area contributed by atoms with Crippen molar-refractivity contribution in [1.29, 1.82) is 0 Å². The van der Waals surface area contributed by atoms with Crippen molar-refractivity contribution in [3.05, 3.63) is 23.8 Å². The molecule has 4 nitrogen and oxygen atoms in total. The Morgan fingerprint density at radius 2 is 2.17 bits per heavy atom. The zero-order valence-electron chi connectivity index (χ0n) is 11.2. The first-order chi connectivity index (χ1) is 8.74. The minimum absolute atomic E-state index is 0.234. The lowest BCUT2D eigenvalue weighted by Crippen LogP contribution is -2.31. The van der Waals surface area contributed by atoms with Crippen molar-refractivity contribution >= 4 is 0 Å². The van der Waals surface area contributed by atoms with Crippen molar-refractivity contribution in [2.75, 3.05) is 27.4 Å². The molecule has 1 aliphatic heterocycles. The van der Waals surface area contributed by atoms with E-state index in [1.54, 1.807) is 14.2 Å². The van der Waals surface area contributed by atoms with E-state index in [9.17, 15) is 0 Å². The molecular weight excluding hydrogens is 230 g/mol. The molecule has 1 aromatic rings. The van der Waals surface area contributed by atoms with E-state index in [0.717, 1.165) is 36.7 Å². The van der Waals surface area contributed by atoms with Crippen molar-refractivity contribution in [2.45, 2.75) is 25.4 Å². The molecule has 2 atom stereocenters. The Kier molecular flexibility index (Phi) is 4.44. The molecule has 0 amide bonds. The van der Waals surface area contributed by atoms with Gasteiger partial charge in [-0.3, -0.25) is 0 Å². The van der Waals surface area contributed by atoms with Crippen molar-refractivity contribution in [3.8, 4) is 11.5 Å². The quantitative estimate of drug-likeness (QED) is 0.870. The summed E-state index contributed by atoms with van der Waals surface area (Å²) in [5.41, 5.74) is 1.14. The molecule has 0 spiro atoms. The van der Waals surface area contributed by atoms with Crippen molar-refractivity contribution in [2.24, 2.45) is 0 Å². The Bertz CT molecular complexity index is 389. The van der Waals surface area contributed by atoms with Gasteiger partial charge in [-0.15, -0.1) is 0 Å². The predicted molar refractivity (Wildman–Crippen MR) is 70.3 cm³/mol. The van der Waals surface area contributed by atoms with Gasteiger partial charge in [0.2, 0.25) is 0 Å². The van der Waals surface area contributed by atoms with E-state index in [0.29, 0.717) is 6.04 Å². The maximum Gasteiger partial charge on any atom is 0.127 e. The zero-order valence-corrected chi connectivity index (χ0v) is 11.2. The average molecular weight is 251 g/mol. The standard InChI is InChI=1S/C14H21NO3/c1-10(15-11-6-7-18-9-11)13-5-4-12(16-2)8-14(13)17-3/h4-5,8,10-11,15H,6-7,9H2,1-3H3. The van der Waals surface area contributed by atoms with Crippen LogP contribution in [-0.2, 0) is 4.74 Å². The molecule has 1 N–H and O–H groups in total. The van der Waals surface area contributed by atoms with E-state index >= 15 is 0 Å². The number of methoxy groups -OCH3 is 2. The average Bonchev–Trinajstić information content (AvgIpc) is 2.90. The molecule has 0 aliphatic carbocycles. The van der Waals surface area contributed by atoms with E-state index in [1.165, 1.54) is 0 Å². The molecule has 18 heavy (non-hydrogen) atoms. The van der Waals surface area contributed by atoms with Crippen LogP contribution in [0.3, 0.4) is 0 Å². The fraction of sp³-hybridized carbons (Fsp3) is 0.571. The van der Waals surface area contributed by atoms with Crippen LogP contribution in [0, 0.1) is 0 Å². The summed E-state index contributed by atoms with van der Waals surface area (Å²) < 4.78 is 16.0. The highest BCUT2D eigenvalue weighted by Crippen LogP contribution is 2.29. The summed E-state index contributed by atoms with van der Waals surface area (Å²) in [5.74, 6) is 1.67. The molecule has 0 radical (unpaired) electrons. The third kappa shape index (κ3) is 2.94. The lowest BCUT2D eigenvalue weighted by Gasteiger charge is -2.21. The summed E-state index contributed by atoms with van der Waals surface area (Å²) in [6.45, 7) is 3.79. The Morgan fingerprint density at radius 3 is 2.78 bits per heavy atom. The second kappa shape index (κ2) is 6.07. The van der Waals surface area contributed by atoms with Crippen LogP contribution in [0.1, 0.15) is 24.9 Å². The highest BCUT2D eigenvalue weighted by molar-refractivity contribution is 5.42. The Hall–Kier alpha value is -1.26. The van der Waals surface area contributed by atoms with Crippen molar-refractivity contribution in [3.63, 3.8) is 0 Å². The third-order valence-electron chi connectivity index (χ3n) is 3.32. The van der Waals surface area contributed by atoms with Gasteiger partial charge in [0.05, 0.1) is 20.8 Å². The van der Waals surface area contributed by atoms with Crippen LogP contribution >= 0.6 is 0 Å². The topological polar surface area (TPSA) is 39.7 Å². The molecule has 0 saturated carbocycles. The van der Waals surface area contributed by atoms with E-state index in [-0.39, 0.29) is 6.04 Å². The van der Waals surface area contributed by atoms with Crippen LogP contribution in [0.25, 0.3) is 0 Å². The predicted octanol–water partition coefficient (Wildman–Crippen LogP) is 2.14. The van der Waals surface area contributed by atoms with Crippen LogP contribution in [-0.4, -0.2) is 33.5 Å². The maximum absolute atomic E-state index is 5.42. The first-order valence-corrected chi connectivity index (χ1v) is 6.30. The summed E-state index contributed by atoms with van der Waals surface area (Å²) in [4.78, 5) is 0. The van der Waals surface area contributed by atoms with Crippen molar-refractivity contribution in [1.82, 2.24) is 5.32 Å². The smallest absolute Gasteiger partial charge is 0.127 e. The van der Waals surface area contributed by atoms with Gasteiger partial charge in [-0.25, -0.2) is 0 Å². The number of rotatable bonds is 5. The third-order valence-corrected chi connectivity index (χ3v) is 3.32. The highest BCUT2D eigenvalue weighted by atomic mass is 16.5. The van der Waals surface area contributed by atoms with E-state index in [4.69, 9.17) is 14.2 Å². The molecular formula is C14H21NO3. The lowest BCUT2D eigenvalue weighted by molar-refractivity contribution is 0.188. The van der Waals surface area contributed by atoms with Gasteiger partial charge in [0.1, 0.15) is 11.5 Å². The van der Waals surface area contributed by atoms with Crippen LogP contribution in [0.5, 0.6) is 11.5 Å². The van der Waals surface area contributed by atoms with Gasteiger partial charge in [-0.1, -0.05) is 6.07 Å². The van der Waals surface area contributed by atoms with Gasteiger partial charge in [-0.05, 0) is 19.4 Å². The number of hydrogen-bond acceptors (Lipinski definition) is 4. The van der Waals surface area contributed by atoms with Crippen LogP contribution in [0.2, 0.25) is 0 Å². The van der Waals surface area contributed by atoms with Gasteiger partial charge >= 0.3 is 0 Å². The summed E-state index contributed by atoms with van der Waals surface area (Å²) in [7, 11) is 3.34. The molecule has 1 heterocycles. The summed E-state index contributed by atoms with van der Waals surface area (Å²) in [6.07, 6.45) is 1.07. The Labute approximate surface area is 108 Å². The zero-order chi connectivity index (χ0) is 13.0. The number of hydrogen-bond donors (Lipinski definition) is 1. The van der Waals surface area contributed by atoms with E-state index in [2.05, 4.69) is 12.2 Å². The maximum atomic E-state index is 5.42. The largest absolute Gasteiger partial charge is 0.497 e. The summed E-state index contributed by atoms with van der Waals surface area (Å²) in [6, 6.07) is 6.59. The second-order valence-corrected chi connectivity index (χ2v) is 4.56. The molecule has 100 valence electrons. The number of benzene rings is 1. The fourth-order valence-electron chi connectivity index (χ4n) is 2.29. The van der Waals surface area contributed by atoms with Gasteiger partial charge in [0.25, 0.3) is 0 Å². The van der Waals surface area contributed by atoms with Crippen LogP contribution in [0.15, 0.2) is 18.2 Å². The Morgan fingerprint density at radius 1 is 1.33 bits per heavy atom. The summed E-state index contributed by atoms with van der Waals surface area (Å²) >= 11 is 0. The van der Waals surface area contributed by atoms with Crippen LogP contribution in [0.4, 0.5) is 0 Å². The fourth-order valence-corrected chi connectivity index (χ4v) is 2.29. The molecule has 0 bridgehead atoms. The van der Waals surface area contributed by atoms with Crippen LogP contribution < -0.4 is 14.8 Å². The van der Waals surface area contributed by atoms with E-state index in [1.807, 2.05) is 18.2 Å². The highest BCUT2D eigenvalue weighted by Gasteiger charge is 2.20. The molecule has 1 aliphatic rings. The van der Waals surface area contributed by atoms with Gasteiger partial charge in [0, 0.05) is 30.3 Å². The second-order valence-electron chi connectivity index (χ2n) is 4.56. The molecule has 1 aromatic carbocycles. The monoisotopic (exact) mass is 251 g/mol. The molecule has 4 heteroatoms. The number of nitrogens with one attached hydrogen (secondary N) is 1. The normalized spacial score (nSPS) is 20.7. The molecule has 1 saturated heterocycles. The molecule has 1 fully saturated rings. The summed E-state index contributed by atoms with van der Waals surface area (Å²) in [5, 5.41) is 3.56. The lowest BCUT2D eigenvalue weighted by atomic mass is 10.1. The molecule has 2 rings (SSSR count). The van der Waals surface area contributed by atoms with E-state index < -0.39 is 0 Å². The van der Waals surface area contributed by atoms with Crippen molar-refractivity contribution < 1.29 is 14.2 Å². The van der Waals surface area contributed by atoms with Gasteiger partial charge in [0.15, 0.2) is 0 Å². The van der Waals surface area contributed by atoms with Gasteiger partial charge in [-0.2, -0.15) is 0 Å². The molecule has 2 unspecified atom stereocenters. The minimum atomic E-state index is 0.234. The number of ether oxygens (including phenoxy) is 3. The van der Waals surface area contributed by atoms with Gasteiger partial charge < -0.3 is 19.5 Å². The SMILES string of the molecule is COc1ccc(C(C)NC2CCOC2)c(OC)c1. The Balaban J connectivity index is 2.10. The first-order valence-electron chi connectivity index (χ1n) is 6.30. The first kappa shape index (κ1) is 13.2. The minimum Gasteiger partial charge on any atom is -0.497 e.